The van der Waals surface area contributed by atoms with Crippen LogP contribution in [0.5, 0.6) is 0 Å². The molecule has 0 bridgehead atoms. The lowest BCUT2D eigenvalue weighted by molar-refractivity contribution is 0.194. The molecule has 0 radical (unpaired) electrons. The van der Waals surface area contributed by atoms with Crippen LogP contribution in [0.1, 0.15) is 44.1 Å². The summed E-state index contributed by atoms with van der Waals surface area (Å²) in [6.07, 6.45) is 4.72. The van der Waals surface area contributed by atoms with E-state index in [1.54, 1.807) is 17.8 Å². The molecule has 1 aromatic carbocycles. The summed E-state index contributed by atoms with van der Waals surface area (Å²) in [6.45, 7) is 3.88. The van der Waals surface area contributed by atoms with Gasteiger partial charge in [0.2, 0.25) is 0 Å². The summed E-state index contributed by atoms with van der Waals surface area (Å²) < 4.78 is 1.69. The summed E-state index contributed by atoms with van der Waals surface area (Å²) in [4.78, 5) is 0. The van der Waals surface area contributed by atoms with Crippen LogP contribution in [0, 0.1) is 0 Å². The molecular formula is C14H19N3O. The summed E-state index contributed by atoms with van der Waals surface area (Å²) in [7, 11) is 0. The molecule has 0 saturated carbocycles. The Kier molecular flexibility index (Phi) is 4.10. The Morgan fingerprint density at radius 1 is 1.28 bits per heavy atom. The van der Waals surface area contributed by atoms with Crippen molar-refractivity contribution in [1.82, 2.24) is 15.0 Å². The van der Waals surface area contributed by atoms with Gasteiger partial charge in [-0.2, -0.15) is 0 Å². The van der Waals surface area contributed by atoms with E-state index in [2.05, 4.69) is 29.4 Å². The molecule has 0 aliphatic carbocycles. The van der Waals surface area contributed by atoms with Crippen molar-refractivity contribution in [3.8, 4) is 5.69 Å². The molecule has 2 aromatic rings. The highest BCUT2D eigenvalue weighted by Crippen LogP contribution is 2.13. The third-order valence-electron chi connectivity index (χ3n) is 2.96. The zero-order valence-corrected chi connectivity index (χ0v) is 10.9. The highest BCUT2D eigenvalue weighted by molar-refractivity contribution is 5.34. The van der Waals surface area contributed by atoms with Gasteiger partial charge in [-0.25, -0.2) is 4.68 Å². The molecule has 4 nitrogen and oxygen atoms in total. The number of rotatable bonds is 5. The van der Waals surface area contributed by atoms with E-state index in [-0.39, 0.29) is 0 Å². The third-order valence-corrected chi connectivity index (χ3v) is 2.96. The van der Waals surface area contributed by atoms with E-state index in [1.165, 1.54) is 18.4 Å². The Morgan fingerprint density at radius 2 is 2.00 bits per heavy atom. The Morgan fingerprint density at radius 3 is 2.56 bits per heavy atom. The number of nitrogens with zero attached hydrogens (tertiary/aromatic N) is 3. The van der Waals surface area contributed by atoms with Gasteiger partial charge in [0.05, 0.1) is 18.0 Å². The smallest absolute Gasteiger partial charge is 0.111 e. The van der Waals surface area contributed by atoms with Crippen LogP contribution in [-0.2, 0) is 6.42 Å². The van der Waals surface area contributed by atoms with Gasteiger partial charge in [0.25, 0.3) is 0 Å². The molecule has 96 valence electrons. The molecule has 1 atom stereocenters. The minimum absolute atomic E-state index is 0.581. The standard InChI is InChI=1S/C14H19N3O/c1-3-4-5-12-6-8-13(9-7-12)17-10-14(11(2)18)15-16-17/h6-11,18H,3-5H2,1-2H3. The van der Waals surface area contributed by atoms with Gasteiger partial charge in [-0.3, -0.25) is 0 Å². The maximum atomic E-state index is 9.41. The second-order valence-electron chi connectivity index (χ2n) is 4.53. The lowest BCUT2D eigenvalue weighted by Crippen LogP contribution is -1.95. The first-order chi connectivity index (χ1) is 8.70. The molecule has 18 heavy (non-hydrogen) atoms. The lowest BCUT2D eigenvalue weighted by Gasteiger charge is -2.03. The molecule has 2 rings (SSSR count). The molecule has 4 heteroatoms. The van der Waals surface area contributed by atoms with E-state index in [1.807, 2.05) is 12.1 Å². The minimum Gasteiger partial charge on any atom is -0.387 e. The van der Waals surface area contributed by atoms with Crippen LogP contribution >= 0.6 is 0 Å². The summed E-state index contributed by atoms with van der Waals surface area (Å²) in [5, 5.41) is 17.3. The molecule has 1 heterocycles. The number of aryl methyl sites for hydroxylation is 1. The first kappa shape index (κ1) is 12.8. The third kappa shape index (κ3) is 2.96. The van der Waals surface area contributed by atoms with Crippen LogP contribution in [0.15, 0.2) is 30.5 Å². The van der Waals surface area contributed by atoms with Gasteiger partial charge in [-0.1, -0.05) is 30.7 Å². The van der Waals surface area contributed by atoms with Gasteiger partial charge in [-0.15, -0.1) is 5.10 Å². The largest absolute Gasteiger partial charge is 0.387 e. The van der Waals surface area contributed by atoms with Crippen molar-refractivity contribution in [1.29, 1.82) is 0 Å². The Balaban J connectivity index is 2.12. The topological polar surface area (TPSA) is 50.9 Å². The molecule has 1 N–H and O–H groups in total. The molecule has 0 aliphatic heterocycles. The summed E-state index contributed by atoms with van der Waals surface area (Å²) in [5.41, 5.74) is 2.90. The van der Waals surface area contributed by atoms with E-state index >= 15 is 0 Å². The minimum atomic E-state index is -0.581. The van der Waals surface area contributed by atoms with Crippen LogP contribution in [0.2, 0.25) is 0 Å². The lowest BCUT2D eigenvalue weighted by atomic mass is 10.1. The first-order valence-electron chi connectivity index (χ1n) is 6.40. The van der Waals surface area contributed by atoms with Crippen LogP contribution in [0.3, 0.4) is 0 Å². The number of hydrogen-bond donors (Lipinski definition) is 1. The Labute approximate surface area is 107 Å². The Bertz CT molecular complexity index is 488. The van der Waals surface area contributed by atoms with Crippen LogP contribution < -0.4 is 0 Å². The number of aromatic nitrogens is 3. The Hall–Kier alpha value is -1.68. The fourth-order valence-corrected chi connectivity index (χ4v) is 1.79. The SMILES string of the molecule is CCCCc1ccc(-n2cc(C(C)O)nn2)cc1. The highest BCUT2D eigenvalue weighted by Gasteiger charge is 2.07. The van der Waals surface area contributed by atoms with Gasteiger partial charge >= 0.3 is 0 Å². The van der Waals surface area contributed by atoms with Gasteiger partial charge in [0, 0.05) is 0 Å². The van der Waals surface area contributed by atoms with E-state index in [4.69, 9.17) is 0 Å². The van der Waals surface area contributed by atoms with Gasteiger partial charge in [0.1, 0.15) is 5.69 Å². The quantitative estimate of drug-likeness (QED) is 0.881. The molecule has 0 spiro atoms. The van der Waals surface area contributed by atoms with Crippen molar-refractivity contribution in [2.24, 2.45) is 0 Å². The van der Waals surface area contributed by atoms with Crippen LogP contribution in [0.4, 0.5) is 0 Å². The van der Waals surface area contributed by atoms with Crippen molar-refractivity contribution < 1.29 is 5.11 Å². The van der Waals surface area contributed by atoms with Gasteiger partial charge < -0.3 is 5.11 Å². The van der Waals surface area contributed by atoms with E-state index in [9.17, 15) is 5.11 Å². The first-order valence-corrected chi connectivity index (χ1v) is 6.40. The van der Waals surface area contributed by atoms with Crippen molar-refractivity contribution >= 4 is 0 Å². The maximum Gasteiger partial charge on any atom is 0.111 e. The molecule has 1 unspecified atom stereocenters. The van der Waals surface area contributed by atoms with Gasteiger partial charge in [0.15, 0.2) is 0 Å². The number of benzene rings is 1. The van der Waals surface area contributed by atoms with Crippen molar-refractivity contribution in [3.63, 3.8) is 0 Å². The molecular weight excluding hydrogens is 226 g/mol. The fraction of sp³-hybridized carbons (Fsp3) is 0.429. The monoisotopic (exact) mass is 245 g/mol. The van der Waals surface area contributed by atoms with Crippen molar-refractivity contribution in [2.75, 3.05) is 0 Å². The normalized spacial score (nSPS) is 12.6. The van der Waals surface area contributed by atoms with Crippen molar-refractivity contribution in [3.05, 3.63) is 41.7 Å². The van der Waals surface area contributed by atoms with Gasteiger partial charge in [-0.05, 0) is 37.5 Å². The second-order valence-corrected chi connectivity index (χ2v) is 4.53. The molecule has 0 aliphatic rings. The summed E-state index contributed by atoms with van der Waals surface area (Å²) >= 11 is 0. The number of hydrogen-bond acceptors (Lipinski definition) is 3. The predicted octanol–water partition coefficient (Wildman–Crippen LogP) is 2.66. The number of aliphatic hydroxyl groups is 1. The summed E-state index contributed by atoms with van der Waals surface area (Å²) in [5.74, 6) is 0. The highest BCUT2D eigenvalue weighted by atomic mass is 16.3. The van der Waals surface area contributed by atoms with Crippen LogP contribution in [-0.4, -0.2) is 20.1 Å². The maximum absolute atomic E-state index is 9.41. The number of aliphatic hydroxyl groups excluding tert-OH is 1. The van der Waals surface area contributed by atoms with E-state index < -0.39 is 6.10 Å². The fourth-order valence-electron chi connectivity index (χ4n) is 1.79. The molecule has 1 aromatic heterocycles. The number of unbranched alkanes of at least 4 members (excludes halogenated alkanes) is 1. The predicted molar refractivity (Wildman–Crippen MR) is 70.6 cm³/mol. The molecule has 0 fully saturated rings. The van der Waals surface area contributed by atoms with E-state index in [0.717, 1.165) is 12.1 Å². The molecule has 0 amide bonds. The van der Waals surface area contributed by atoms with Crippen molar-refractivity contribution in [2.45, 2.75) is 39.2 Å². The second kappa shape index (κ2) is 5.78. The summed E-state index contributed by atoms with van der Waals surface area (Å²) in [6, 6.07) is 8.31. The zero-order chi connectivity index (χ0) is 13.0. The van der Waals surface area contributed by atoms with E-state index in [0.29, 0.717) is 5.69 Å². The molecule has 0 saturated heterocycles. The van der Waals surface area contributed by atoms with Crippen LogP contribution in [0.25, 0.3) is 5.69 Å². The zero-order valence-electron chi connectivity index (χ0n) is 10.9. The average molecular weight is 245 g/mol. The average Bonchev–Trinajstić information content (AvgIpc) is 2.87.